The molecule has 0 fully saturated rings. The van der Waals surface area contributed by atoms with Gasteiger partial charge in [0.25, 0.3) is 0 Å². The lowest BCUT2D eigenvalue weighted by molar-refractivity contribution is 0.329. The van der Waals surface area contributed by atoms with Gasteiger partial charge in [-0.2, -0.15) is 5.26 Å². The molecule has 0 N–H and O–H groups in total. The highest BCUT2D eigenvalue weighted by Gasteiger charge is 2.12. The van der Waals surface area contributed by atoms with Crippen molar-refractivity contribution < 1.29 is 0 Å². The first kappa shape index (κ1) is 13.5. The van der Waals surface area contributed by atoms with Crippen molar-refractivity contribution in [2.75, 3.05) is 0 Å². The largest absolute Gasteiger partial charge is 0.198 e. The maximum Gasteiger partial charge on any atom is 0.0652 e. The van der Waals surface area contributed by atoms with Crippen molar-refractivity contribution in [2.45, 2.75) is 53.9 Å². The summed E-state index contributed by atoms with van der Waals surface area (Å²) >= 11 is 0. The Morgan fingerprint density at radius 2 is 1.36 bits per heavy atom. The highest BCUT2D eigenvalue weighted by Crippen LogP contribution is 2.23. The Kier molecular flexibility index (Phi) is 6.62. The first-order valence-electron chi connectivity index (χ1n) is 5.85. The third-order valence-electron chi connectivity index (χ3n) is 2.65. The maximum absolute atomic E-state index is 8.71. The Morgan fingerprint density at radius 1 is 0.857 bits per heavy atom. The standard InChI is InChI=1S/C13H25N/c1-10(2)6-11(3)7-12(4)8-13(5)9-14/h10-13H,6-8H2,1-5H3/t11?,12?,13-/m0/s1. The summed E-state index contributed by atoms with van der Waals surface area (Å²) in [7, 11) is 0. The molecule has 0 heterocycles. The molecule has 0 aromatic rings. The lowest BCUT2D eigenvalue weighted by Crippen LogP contribution is -2.08. The van der Waals surface area contributed by atoms with E-state index in [1.807, 2.05) is 6.92 Å². The van der Waals surface area contributed by atoms with Crippen LogP contribution in [0.2, 0.25) is 0 Å². The number of nitrogens with zero attached hydrogens (tertiary/aromatic N) is 1. The predicted octanol–water partition coefficient (Wildman–Crippen LogP) is 4.24. The molecule has 14 heavy (non-hydrogen) atoms. The average molecular weight is 195 g/mol. The summed E-state index contributed by atoms with van der Waals surface area (Å²) in [6.07, 6.45) is 3.63. The monoisotopic (exact) mass is 195 g/mol. The van der Waals surface area contributed by atoms with E-state index in [1.165, 1.54) is 12.8 Å². The van der Waals surface area contributed by atoms with Crippen LogP contribution in [0, 0.1) is 35.0 Å². The van der Waals surface area contributed by atoms with Crippen molar-refractivity contribution in [1.29, 1.82) is 5.26 Å². The fourth-order valence-corrected chi connectivity index (χ4v) is 2.34. The molecular weight excluding hydrogens is 170 g/mol. The van der Waals surface area contributed by atoms with Crippen LogP contribution in [0.15, 0.2) is 0 Å². The molecule has 0 amide bonds. The minimum atomic E-state index is 0.219. The SMILES string of the molecule is CC(C)CC(C)CC(C)C[C@H](C)C#N. The molecule has 0 saturated carbocycles. The first-order chi connectivity index (χ1) is 6.45. The minimum absolute atomic E-state index is 0.219. The number of hydrogen-bond acceptors (Lipinski definition) is 1. The smallest absolute Gasteiger partial charge is 0.0652 e. The molecule has 1 nitrogen and oxygen atoms in total. The molecule has 2 unspecified atom stereocenters. The van der Waals surface area contributed by atoms with Crippen LogP contribution in [-0.2, 0) is 0 Å². The lowest BCUT2D eigenvalue weighted by atomic mass is 9.86. The van der Waals surface area contributed by atoms with Gasteiger partial charge in [-0.1, -0.05) is 27.7 Å². The molecule has 82 valence electrons. The van der Waals surface area contributed by atoms with Crippen LogP contribution in [0.5, 0.6) is 0 Å². The zero-order valence-electron chi connectivity index (χ0n) is 10.4. The Bertz CT molecular complexity index is 178. The van der Waals surface area contributed by atoms with E-state index in [0.717, 1.165) is 18.3 Å². The van der Waals surface area contributed by atoms with E-state index >= 15 is 0 Å². The number of nitriles is 1. The Hall–Kier alpha value is -0.510. The summed E-state index contributed by atoms with van der Waals surface area (Å²) in [5.74, 6) is 2.51. The second-order valence-electron chi connectivity index (χ2n) is 5.34. The summed E-state index contributed by atoms with van der Waals surface area (Å²) in [6, 6.07) is 2.31. The van der Waals surface area contributed by atoms with Crippen molar-refractivity contribution in [1.82, 2.24) is 0 Å². The highest BCUT2D eigenvalue weighted by atomic mass is 14.3. The van der Waals surface area contributed by atoms with Crippen LogP contribution in [0.3, 0.4) is 0 Å². The fraction of sp³-hybridized carbons (Fsp3) is 0.923. The molecule has 0 aliphatic carbocycles. The van der Waals surface area contributed by atoms with E-state index in [2.05, 4.69) is 33.8 Å². The normalized spacial score (nSPS) is 17.5. The molecule has 0 aromatic carbocycles. The molecule has 0 rings (SSSR count). The van der Waals surface area contributed by atoms with Crippen LogP contribution in [-0.4, -0.2) is 0 Å². The van der Waals surface area contributed by atoms with Gasteiger partial charge in [-0.25, -0.2) is 0 Å². The van der Waals surface area contributed by atoms with Gasteiger partial charge in [0, 0.05) is 5.92 Å². The van der Waals surface area contributed by atoms with Crippen molar-refractivity contribution in [3.8, 4) is 6.07 Å². The van der Waals surface area contributed by atoms with Crippen LogP contribution in [0.1, 0.15) is 53.9 Å². The molecule has 0 aliphatic heterocycles. The van der Waals surface area contributed by atoms with E-state index in [1.54, 1.807) is 0 Å². The third kappa shape index (κ3) is 6.95. The van der Waals surface area contributed by atoms with Crippen molar-refractivity contribution in [3.63, 3.8) is 0 Å². The van der Waals surface area contributed by atoms with Gasteiger partial charge >= 0.3 is 0 Å². The number of hydrogen-bond donors (Lipinski definition) is 0. The second-order valence-corrected chi connectivity index (χ2v) is 5.34. The van der Waals surface area contributed by atoms with Crippen LogP contribution < -0.4 is 0 Å². The van der Waals surface area contributed by atoms with Gasteiger partial charge < -0.3 is 0 Å². The molecule has 0 bridgehead atoms. The number of rotatable bonds is 6. The lowest BCUT2D eigenvalue weighted by Gasteiger charge is -2.19. The molecule has 3 atom stereocenters. The zero-order chi connectivity index (χ0) is 11.1. The summed E-state index contributed by atoms with van der Waals surface area (Å²) < 4.78 is 0. The van der Waals surface area contributed by atoms with Gasteiger partial charge in [-0.3, -0.25) is 0 Å². The van der Waals surface area contributed by atoms with Crippen molar-refractivity contribution in [2.24, 2.45) is 23.7 Å². The van der Waals surface area contributed by atoms with E-state index < -0.39 is 0 Å². The quantitative estimate of drug-likeness (QED) is 0.621. The van der Waals surface area contributed by atoms with Crippen LogP contribution >= 0.6 is 0 Å². The van der Waals surface area contributed by atoms with Crippen LogP contribution in [0.4, 0.5) is 0 Å². The predicted molar refractivity (Wildman–Crippen MR) is 61.8 cm³/mol. The Morgan fingerprint density at radius 3 is 1.79 bits per heavy atom. The molecule has 0 aliphatic rings. The molecular formula is C13H25N. The third-order valence-corrected chi connectivity index (χ3v) is 2.65. The minimum Gasteiger partial charge on any atom is -0.198 e. The second kappa shape index (κ2) is 6.87. The Balaban J connectivity index is 3.71. The van der Waals surface area contributed by atoms with Crippen LogP contribution in [0.25, 0.3) is 0 Å². The van der Waals surface area contributed by atoms with Gasteiger partial charge in [0.05, 0.1) is 6.07 Å². The van der Waals surface area contributed by atoms with Crippen molar-refractivity contribution >= 4 is 0 Å². The average Bonchev–Trinajstić information content (AvgIpc) is 2.01. The molecule has 0 saturated heterocycles. The van der Waals surface area contributed by atoms with E-state index in [0.29, 0.717) is 5.92 Å². The summed E-state index contributed by atoms with van der Waals surface area (Å²) in [5.41, 5.74) is 0. The van der Waals surface area contributed by atoms with Gasteiger partial charge in [0.2, 0.25) is 0 Å². The first-order valence-corrected chi connectivity index (χ1v) is 5.85. The van der Waals surface area contributed by atoms with E-state index in [-0.39, 0.29) is 5.92 Å². The molecule has 0 radical (unpaired) electrons. The summed E-state index contributed by atoms with van der Waals surface area (Å²) in [6.45, 7) is 11.2. The molecule has 0 aromatic heterocycles. The van der Waals surface area contributed by atoms with E-state index in [4.69, 9.17) is 5.26 Å². The van der Waals surface area contributed by atoms with Crippen molar-refractivity contribution in [3.05, 3.63) is 0 Å². The molecule has 1 heteroatoms. The maximum atomic E-state index is 8.71. The van der Waals surface area contributed by atoms with Gasteiger partial charge in [0.15, 0.2) is 0 Å². The summed E-state index contributed by atoms with van der Waals surface area (Å²) in [5, 5.41) is 8.71. The summed E-state index contributed by atoms with van der Waals surface area (Å²) in [4.78, 5) is 0. The van der Waals surface area contributed by atoms with E-state index in [9.17, 15) is 0 Å². The topological polar surface area (TPSA) is 23.8 Å². The molecule has 0 spiro atoms. The van der Waals surface area contributed by atoms with Gasteiger partial charge in [-0.05, 0) is 43.9 Å². The van der Waals surface area contributed by atoms with Gasteiger partial charge in [-0.15, -0.1) is 0 Å². The Labute approximate surface area is 89.5 Å². The zero-order valence-corrected chi connectivity index (χ0v) is 10.4. The fourth-order valence-electron chi connectivity index (χ4n) is 2.34. The van der Waals surface area contributed by atoms with Gasteiger partial charge in [0.1, 0.15) is 0 Å². The highest BCUT2D eigenvalue weighted by molar-refractivity contribution is 4.80.